The molecular formula is C20H16N4O7S. The topological polar surface area (TPSA) is 155 Å². The molecule has 0 saturated carbocycles. The molecule has 1 aliphatic carbocycles. The fraction of sp³-hybridized carbons (Fsp3) is 0.150. The Labute approximate surface area is 181 Å². The van der Waals surface area contributed by atoms with Gasteiger partial charge in [0.2, 0.25) is 11.6 Å². The zero-order chi connectivity index (χ0) is 22.7. The molecule has 11 nitrogen and oxygen atoms in total. The monoisotopic (exact) mass is 456 g/mol. The number of aromatic nitrogens is 3. The molecule has 4 rings (SSSR count). The highest BCUT2D eigenvalue weighted by atomic mass is 32.2. The molecule has 2 aromatic heterocycles. The van der Waals surface area contributed by atoms with Crippen LogP contribution >= 0.6 is 0 Å². The molecule has 0 atom stereocenters. The van der Waals surface area contributed by atoms with E-state index in [2.05, 4.69) is 20.1 Å². The molecule has 0 unspecified atom stereocenters. The van der Waals surface area contributed by atoms with E-state index in [0.29, 0.717) is 6.42 Å². The minimum absolute atomic E-state index is 0.0373. The van der Waals surface area contributed by atoms with E-state index in [1.54, 1.807) is 12.1 Å². The first-order valence-corrected chi connectivity index (χ1v) is 10.9. The molecule has 32 heavy (non-hydrogen) atoms. The second-order valence-corrected chi connectivity index (χ2v) is 8.50. The number of allylic oxidation sites excluding steroid dienone is 2. The smallest absolute Gasteiger partial charge is 0.414 e. The first kappa shape index (κ1) is 21.2. The number of hydrogen-bond donors (Lipinski definition) is 1. The van der Waals surface area contributed by atoms with Gasteiger partial charge in [0, 0.05) is 18.8 Å². The van der Waals surface area contributed by atoms with Crippen LogP contribution in [0.3, 0.4) is 0 Å². The van der Waals surface area contributed by atoms with E-state index in [0.717, 1.165) is 0 Å². The number of pyridine rings is 1. The van der Waals surface area contributed by atoms with Crippen molar-refractivity contribution in [3.8, 4) is 5.88 Å². The largest absolute Gasteiger partial charge is 0.454 e. The van der Waals surface area contributed by atoms with Crippen molar-refractivity contribution in [3.05, 3.63) is 76.9 Å². The van der Waals surface area contributed by atoms with Crippen LogP contribution < -0.4 is 15.0 Å². The lowest BCUT2D eigenvalue weighted by molar-refractivity contribution is -0.832. The fourth-order valence-electron chi connectivity index (χ4n) is 3.03. The van der Waals surface area contributed by atoms with Crippen molar-refractivity contribution in [1.29, 1.82) is 0 Å². The van der Waals surface area contributed by atoms with E-state index in [1.807, 2.05) is 0 Å². The number of hydrogen-bond acceptors (Lipinski definition) is 10. The van der Waals surface area contributed by atoms with Crippen molar-refractivity contribution >= 4 is 21.4 Å². The van der Waals surface area contributed by atoms with Crippen LogP contribution in [0.5, 0.6) is 5.88 Å². The Bertz CT molecular complexity index is 1320. The van der Waals surface area contributed by atoms with Crippen molar-refractivity contribution in [2.75, 3.05) is 13.2 Å². The predicted octanol–water partition coefficient (Wildman–Crippen LogP) is 0.857. The number of carbonyl (C=O) groups is 2. The van der Waals surface area contributed by atoms with Gasteiger partial charge in [0.1, 0.15) is 5.69 Å². The predicted molar refractivity (Wildman–Crippen MR) is 106 cm³/mol. The number of ether oxygens (including phenoxy) is 1. The number of nitrogens with zero attached hydrogens (tertiary/aromatic N) is 3. The summed E-state index contributed by atoms with van der Waals surface area (Å²) in [6.45, 7) is 0.195. The van der Waals surface area contributed by atoms with Gasteiger partial charge in [0.05, 0.1) is 27.9 Å². The van der Waals surface area contributed by atoms with Crippen LogP contribution in [0.2, 0.25) is 0 Å². The summed E-state index contributed by atoms with van der Waals surface area (Å²) < 4.78 is 35.2. The van der Waals surface area contributed by atoms with Gasteiger partial charge in [-0.3, -0.25) is 19.2 Å². The maximum absolute atomic E-state index is 12.7. The zero-order valence-corrected chi connectivity index (χ0v) is 17.2. The Morgan fingerprint density at radius 1 is 1.12 bits per heavy atom. The Balaban J connectivity index is 1.37. The van der Waals surface area contributed by atoms with Crippen LogP contribution in [0.25, 0.3) is 0 Å². The van der Waals surface area contributed by atoms with Gasteiger partial charge in [-0.2, -0.15) is 0 Å². The molecule has 0 saturated heterocycles. The van der Waals surface area contributed by atoms with Gasteiger partial charge in [-0.1, -0.05) is 18.2 Å². The Hall–Kier alpha value is -4.06. The van der Waals surface area contributed by atoms with Crippen LogP contribution in [0, 0.1) is 5.21 Å². The normalized spacial score (nSPS) is 13.4. The number of carbonyl (C=O) groups excluding carboxylic acids is 2. The molecule has 0 bridgehead atoms. The van der Waals surface area contributed by atoms with E-state index < -0.39 is 20.7 Å². The summed E-state index contributed by atoms with van der Waals surface area (Å²) in [4.78, 5) is 28.2. The molecule has 0 radical (unpaired) electrons. The van der Waals surface area contributed by atoms with Gasteiger partial charge in [0.15, 0.2) is 0 Å². The van der Waals surface area contributed by atoms with Crippen LogP contribution in [0.1, 0.15) is 27.3 Å². The molecule has 1 N–H and O–H groups in total. The average Bonchev–Trinajstić information content (AvgIpc) is 3.18. The van der Waals surface area contributed by atoms with Gasteiger partial charge in [0.25, 0.3) is 9.84 Å². The summed E-state index contributed by atoms with van der Waals surface area (Å²) in [5, 5.41) is 17.3. The van der Waals surface area contributed by atoms with Crippen LogP contribution in [0.4, 0.5) is 0 Å². The fourth-order valence-corrected chi connectivity index (χ4v) is 4.33. The molecule has 2 heterocycles. The Morgan fingerprint density at radius 2 is 1.91 bits per heavy atom. The molecule has 0 fully saturated rings. The van der Waals surface area contributed by atoms with Crippen molar-refractivity contribution in [2.45, 2.75) is 16.3 Å². The molecule has 3 aromatic rings. The summed E-state index contributed by atoms with van der Waals surface area (Å²) in [5.41, 5.74) is 0.453. The number of nitrogens with one attached hydrogen (secondary N) is 1. The number of sulfone groups is 1. The number of ketones is 2. The molecule has 1 aliphatic rings. The van der Waals surface area contributed by atoms with Crippen molar-refractivity contribution in [1.82, 2.24) is 15.5 Å². The highest BCUT2D eigenvalue weighted by molar-refractivity contribution is 7.91. The minimum Gasteiger partial charge on any atom is -0.454 e. The summed E-state index contributed by atoms with van der Waals surface area (Å²) in [6, 6.07) is 10.4. The van der Waals surface area contributed by atoms with Gasteiger partial charge >= 0.3 is 10.9 Å². The first-order chi connectivity index (χ1) is 15.4. The highest BCUT2D eigenvalue weighted by Gasteiger charge is 2.35. The average molecular weight is 456 g/mol. The zero-order valence-electron chi connectivity index (χ0n) is 16.4. The summed E-state index contributed by atoms with van der Waals surface area (Å²) in [5.74, 6) is -1.20. The number of rotatable bonds is 8. The Kier molecular flexibility index (Phi) is 5.69. The van der Waals surface area contributed by atoms with E-state index in [1.165, 1.54) is 42.6 Å². The first-order valence-electron chi connectivity index (χ1n) is 9.42. The second-order valence-electron chi connectivity index (χ2n) is 6.64. The Morgan fingerprint density at radius 3 is 2.69 bits per heavy atom. The lowest BCUT2D eigenvalue weighted by Gasteiger charge is -2.15. The minimum atomic E-state index is -4.20. The molecular weight excluding hydrogens is 440 g/mol. The highest BCUT2D eigenvalue weighted by Crippen LogP contribution is 2.25. The lowest BCUT2D eigenvalue weighted by atomic mass is 9.97. The number of Topliss-reactive ketones (excluding diaryl/α,β-unsaturated/α-hetero) is 1. The third kappa shape index (κ3) is 3.95. The van der Waals surface area contributed by atoms with Gasteiger partial charge in [-0.25, -0.2) is 8.42 Å². The third-order valence-electron chi connectivity index (χ3n) is 4.54. The van der Waals surface area contributed by atoms with Crippen LogP contribution in [-0.2, 0) is 9.84 Å². The van der Waals surface area contributed by atoms with Crippen molar-refractivity contribution in [3.63, 3.8) is 0 Å². The molecule has 1 aromatic carbocycles. The third-order valence-corrected chi connectivity index (χ3v) is 6.26. The van der Waals surface area contributed by atoms with Gasteiger partial charge < -0.3 is 15.3 Å². The SMILES string of the molecule is O=C1C(NCCCOc2no[n+]([O-])c2S(=O)(=O)c2ccccc2)=CC(=O)c2ncccc21. The van der Waals surface area contributed by atoms with E-state index in [4.69, 9.17) is 4.74 Å². The molecule has 12 heteroatoms. The molecule has 0 aliphatic heterocycles. The van der Waals surface area contributed by atoms with E-state index in [9.17, 15) is 23.2 Å². The number of fused-ring (bicyclic) bond motifs is 1. The molecule has 164 valence electrons. The van der Waals surface area contributed by atoms with Gasteiger partial charge in [-0.05, 0) is 35.6 Å². The summed E-state index contributed by atoms with van der Waals surface area (Å²) in [6.07, 6.45) is 2.92. The van der Waals surface area contributed by atoms with Crippen molar-refractivity contribution < 1.29 is 32.3 Å². The second kappa shape index (κ2) is 8.59. The maximum Gasteiger partial charge on any atom is 0.414 e. The maximum atomic E-state index is 12.7. The number of benzene rings is 1. The van der Waals surface area contributed by atoms with E-state index >= 15 is 0 Å². The van der Waals surface area contributed by atoms with Crippen LogP contribution in [0.15, 0.2) is 75.0 Å². The van der Waals surface area contributed by atoms with E-state index in [-0.39, 0.29) is 51.5 Å². The summed E-state index contributed by atoms with van der Waals surface area (Å²) in [7, 11) is -4.20. The molecule has 0 spiro atoms. The quantitative estimate of drug-likeness (QED) is 0.381. The van der Waals surface area contributed by atoms with Crippen LogP contribution in [-0.4, -0.2) is 43.3 Å². The summed E-state index contributed by atoms with van der Waals surface area (Å²) >= 11 is 0. The molecule has 0 amide bonds. The van der Waals surface area contributed by atoms with Gasteiger partial charge in [-0.15, -0.1) is 0 Å². The lowest BCUT2D eigenvalue weighted by Crippen LogP contribution is -2.31. The van der Waals surface area contributed by atoms with Crippen molar-refractivity contribution in [2.24, 2.45) is 0 Å². The standard InChI is InChI=1S/C20H16N4O7S/c25-16-12-15(18(26)14-8-4-9-22-17(14)16)21-10-5-11-30-19-20(24(27)31-23-19)32(28,29)13-6-2-1-3-7-13/h1-4,6-9,12,21H,5,10-11H2.